The van der Waals surface area contributed by atoms with Gasteiger partial charge >= 0.3 is 0 Å². The molecule has 26 heavy (non-hydrogen) atoms. The number of carbonyl (C=O) groups excluding carboxylic acids is 1. The van der Waals surface area contributed by atoms with E-state index in [1.54, 1.807) is 13.0 Å². The summed E-state index contributed by atoms with van der Waals surface area (Å²) in [5.41, 5.74) is 0.490. The summed E-state index contributed by atoms with van der Waals surface area (Å²) in [4.78, 5) is 12.8. The van der Waals surface area contributed by atoms with Crippen LogP contribution in [0.1, 0.15) is 41.8 Å². The summed E-state index contributed by atoms with van der Waals surface area (Å²) in [6, 6.07) is 5.40. The van der Waals surface area contributed by atoms with Gasteiger partial charge in [-0.3, -0.25) is 4.79 Å². The Balaban J connectivity index is 0.00000196. The van der Waals surface area contributed by atoms with Crippen LogP contribution < -0.4 is 10.6 Å². The summed E-state index contributed by atoms with van der Waals surface area (Å²) in [5.74, 6) is -0.474. The molecule has 0 aliphatic carbocycles. The first-order chi connectivity index (χ1) is 12.0. The third-order valence-corrected chi connectivity index (χ3v) is 5.41. The number of halogens is 3. The predicted molar refractivity (Wildman–Crippen MR) is 99.3 cm³/mol. The highest BCUT2D eigenvalue weighted by Gasteiger charge is 2.35. The highest BCUT2D eigenvalue weighted by molar-refractivity contribution is 6.33. The SMILES string of the molecule is Cc1onc(-c2c(F)cccc2Cl)c1C(=O)NC1CC2CCC(C1)N2.Cl. The fraction of sp³-hybridized carbons (Fsp3) is 0.444. The van der Waals surface area contributed by atoms with Crippen molar-refractivity contribution < 1.29 is 13.7 Å². The maximum atomic E-state index is 14.3. The van der Waals surface area contributed by atoms with Crippen LogP contribution in [-0.2, 0) is 0 Å². The lowest BCUT2D eigenvalue weighted by atomic mass is 9.98. The molecule has 5 nitrogen and oxygen atoms in total. The van der Waals surface area contributed by atoms with Crippen LogP contribution >= 0.6 is 24.0 Å². The standard InChI is InChI=1S/C18H19ClFN3O2.ClH/c1-9-15(17(23-25-9)16-13(19)3-2-4-14(16)20)18(24)22-12-7-10-5-6-11(8-12)21-10;/h2-4,10-12,21H,5-8H2,1H3,(H,22,24);1H. The van der Waals surface area contributed by atoms with Crippen LogP contribution in [0.4, 0.5) is 4.39 Å². The van der Waals surface area contributed by atoms with Crippen LogP contribution in [0.5, 0.6) is 0 Å². The normalized spacial score (nSPS) is 24.2. The van der Waals surface area contributed by atoms with E-state index >= 15 is 0 Å². The highest BCUT2D eigenvalue weighted by Crippen LogP contribution is 2.34. The van der Waals surface area contributed by atoms with Crippen LogP contribution in [0.15, 0.2) is 22.7 Å². The van der Waals surface area contributed by atoms with E-state index in [1.807, 2.05) is 0 Å². The first-order valence-corrected chi connectivity index (χ1v) is 8.88. The number of aromatic nitrogens is 1. The second-order valence-corrected chi connectivity index (χ2v) is 7.25. The van der Waals surface area contributed by atoms with Crippen molar-refractivity contribution in [2.75, 3.05) is 0 Å². The maximum Gasteiger partial charge on any atom is 0.257 e. The zero-order valence-electron chi connectivity index (χ0n) is 14.2. The molecule has 2 aromatic rings. The van der Waals surface area contributed by atoms with E-state index in [0.29, 0.717) is 17.8 Å². The second-order valence-electron chi connectivity index (χ2n) is 6.84. The smallest absolute Gasteiger partial charge is 0.257 e. The van der Waals surface area contributed by atoms with Gasteiger partial charge in [-0.2, -0.15) is 0 Å². The molecular weight excluding hydrogens is 380 g/mol. The number of piperidine rings is 1. The minimum Gasteiger partial charge on any atom is -0.360 e. The summed E-state index contributed by atoms with van der Waals surface area (Å²) in [7, 11) is 0. The lowest BCUT2D eigenvalue weighted by molar-refractivity contribution is 0.0923. The van der Waals surface area contributed by atoms with Crippen molar-refractivity contribution in [2.24, 2.45) is 0 Å². The van der Waals surface area contributed by atoms with E-state index in [0.717, 1.165) is 25.7 Å². The Labute approximate surface area is 162 Å². The van der Waals surface area contributed by atoms with Crippen molar-refractivity contribution in [1.82, 2.24) is 15.8 Å². The van der Waals surface area contributed by atoms with Crippen molar-refractivity contribution in [3.05, 3.63) is 40.4 Å². The molecule has 1 aromatic carbocycles. The summed E-state index contributed by atoms with van der Waals surface area (Å²) in [5, 5.41) is 10.7. The number of fused-ring (bicyclic) bond motifs is 2. The monoisotopic (exact) mass is 399 g/mol. The average molecular weight is 400 g/mol. The lowest BCUT2D eigenvalue weighted by Gasteiger charge is -2.29. The molecule has 3 heterocycles. The van der Waals surface area contributed by atoms with Gasteiger partial charge in [0.15, 0.2) is 0 Å². The number of nitrogens with zero attached hydrogens (tertiary/aromatic N) is 1. The Morgan fingerprint density at radius 1 is 1.35 bits per heavy atom. The molecular formula is C18H20Cl2FN3O2. The molecule has 1 amide bonds. The zero-order valence-corrected chi connectivity index (χ0v) is 15.8. The minimum absolute atomic E-state index is 0. The third kappa shape index (κ3) is 3.46. The van der Waals surface area contributed by atoms with Gasteiger partial charge < -0.3 is 15.2 Å². The summed E-state index contributed by atoms with van der Waals surface area (Å²) in [6.07, 6.45) is 4.11. The van der Waals surface area contributed by atoms with E-state index in [4.69, 9.17) is 16.1 Å². The molecule has 8 heteroatoms. The molecule has 4 rings (SSSR count). The van der Waals surface area contributed by atoms with E-state index in [-0.39, 0.29) is 46.2 Å². The molecule has 1 aromatic heterocycles. The van der Waals surface area contributed by atoms with E-state index in [9.17, 15) is 9.18 Å². The number of aryl methyl sites for hydroxylation is 1. The quantitative estimate of drug-likeness (QED) is 0.821. The Morgan fingerprint density at radius 2 is 2.04 bits per heavy atom. The molecule has 0 saturated carbocycles. The van der Waals surface area contributed by atoms with Gasteiger partial charge in [0, 0.05) is 18.1 Å². The Kier molecular flexibility index (Phi) is 5.55. The van der Waals surface area contributed by atoms with Gasteiger partial charge in [0.2, 0.25) is 0 Å². The van der Waals surface area contributed by atoms with E-state index in [2.05, 4.69) is 15.8 Å². The molecule has 2 aliphatic heterocycles. The topological polar surface area (TPSA) is 67.2 Å². The molecule has 2 saturated heterocycles. The lowest BCUT2D eigenvalue weighted by Crippen LogP contribution is -2.48. The molecule has 2 N–H and O–H groups in total. The summed E-state index contributed by atoms with van der Waals surface area (Å²) >= 11 is 6.13. The molecule has 2 bridgehead atoms. The number of carbonyl (C=O) groups is 1. The fourth-order valence-electron chi connectivity index (χ4n) is 3.97. The average Bonchev–Trinajstić information content (AvgIpc) is 3.10. The van der Waals surface area contributed by atoms with Gasteiger partial charge in [-0.25, -0.2) is 4.39 Å². The largest absolute Gasteiger partial charge is 0.360 e. The van der Waals surface area contributed by atoms with Gasteiger partial charge in [0.1, 0.15) is 22.8 Å². The molecule has 2 fully saturated rings. The van der Waals surface area contributed by atoms with Crippen LogP contribution in [0, 0.1) is 12.7 Å². The number of rotatable bonds is 3. The van der Waals surface area contributed by atoms with Crippen molar-refractivity contribution in [3.8, 4) is 11.3 Å². The molecule has 0 spiro atoms. The number of hydrogen-bond acceptors (Lipinski definition) is 4. The van der Waals surface area contributed by atoms with Crippen LogP contribution in [0.25, 0.3) is 11.3 Å². The summed E-state index contributed by atoms with van der Waals surface area (Å²) in [6.45, 7) is 1.65. The Hall–Kier alpha value is -1.63. The number of benzene rings is 1. The number of hydrogen-bond donors (Lipinski definition) is 2. The van der Waals surface area contributed by atoms with Gasteiger partial charge in [-0.15, -0.1) is 12.4 Å². The van der Waals surface area contributed by atoms with Gasteiger partial charge in [0.25, 0.3) is 5.91 Å². The van der Waals surface area contributed by atoms with Crippen molar-refractivity contribution in [3.63, 3.8) is 0 Å². The van der Waals surface area contributed by atoms with Crippen LogP contribution in [-0.4, -0.2) is 29.2 Å². The van der Waals surface area contributed by atoms with Gasteiger partial charge in [-0.1, -0.05) is 22.8 Å². The van der Waals surface area contributed by atoms with Crippen molar-refractivity contribution in [1.29, 1.82) is 0 Å². The van der Waals surface area contributed by atoms with Crippen molar-refractivity contribution in [2.45, 2.75) is 50.7 Å². The van der Waals surface area contributed by atoms with Crippen LogP contribution in [0.3, 0.4) is 0 Å². The number of amides is 1. The van der Waals surface area contributed by atoms with Crippen LogP contribution in [0.2, 0.25) is 5.02 Å². The highest BCUT2D eigenvalue weighted by atomic mass is 35.5. The zero-order chi connectivity index (χ0) is 17.6. The Bertz CT molecular complexity index is 795. The van der Waals surface area contributed by atoms with E-state index in [1.165, 1.54) is 12.1 Å². The maximum absolute atomic E-state index is 14.3. The molecule has 140 valence electrons. The molecule has 2 atom stereocenters. The summed E-state index contributed by atoms with van der Waals surface area (Å²) < 4.78 is 19.4. The third-order valence-electron chi connectivity index (χ3n) is 5.10. The second kappa shape index (κ2) is 7.55. The molecule has 2 unspecified atom stereocenters. The fourth-order valence-corrected chi connectivity index (χ4v) is 4.22. The Morgan fingerprint density at radius 3 is 2.69 bits per heavy atom. The number of nitrogens with one attached hydrogen (secondary N) is 2. The molecule has 2 aliphatic rings. The van der Waals surface area contributed by atoms with Gasteiger partial charge in [0.05, 0.1) is 10.6 Å². The van der Waals surface area contributed by atoms with Gasteiger partial charge in [-0.05, 0) is 44.7 Å². The minimum atomic E-state index is -0.533. The first kappa shape index (κ1) is 19.1. The molecule has 0 radical (unpaired) electrons. The first-order valence-electron chi connectivity index (χ1n) is 8.50. The van der Waals surface area contributed by atoms with E-state index < -0.39 is 5.82 Å². The predicted octanol–water partition coefficient (Wildman–Crippen LogP) is 3.88. The van der Waals surface area contributed by atoms with Crippen molar-refractivity contribution >= 4 is 29.9 Å².